The largest absolute Gasteiger partial charge is 0.477 e. The fraction of sp³-hybridized carbons (Fsp3) is 0.0833. The number of anilines is 1. The molecule has 3 nitrogen and oxygen atoms in total. The molecular weight excluding hydrogens is 368 g/mol. The lowest BCUT2D eigenvalue weighted by atomic mass is 10.3. The van der Waals surface area contributed by atoms with Crippen LogP contribution in [0.5, 0.6) is 0 Å². The molecule has 2 aromatic rings. The third-order valence-corrected chi connectivity index (χ3v) is 4.22. The Balaban J connectivity index is 2.04. The number of carboxylic acid groups (broad SMARTS) is 1. The van der Waals surface area contributed by atoms with Crippen molar-refractivity contribution in [2.75, 3.05) is 5.32 Å². The molecule has 6 heteroatoms. The summed E-state index contributed by atoms with van der Waals surface area (Å²) in [5.74, 6) is -1.18. The Labute approximate surface area is 121 Å². The second-order valence-electron chi connectivity index (χ2n) is 3.55. The average Bonchev–Trinajstić information content (AvgIpc) is 2.76. The minimum Gasteiger partial charge on any atom is -0.477 e. The highest BCUT2D eigenvalue weighted by Gasteiger charge is 2.07. The quantitative estimate of drug-likeness (QED) is 0.797. The molecule has 0 unspecified atom stereocenters. The van der Waals surface area contributed by atoms with Crippen LogP contribution >= 0.6 is 33.9 Å². The molecule has 1 heterocycles. The summed E-state index contributed by atoms with van der Waals surface area (Å²) in [6, 6.07) is 7.86. The maximum Gasteiger partial charge on any atom is 0.345 e. The summed E-state index contributed by atoms with van der Waals surface area (Å²) in [7, 11) is 0. The normalized spacial score (nSPS) is 10.3. The Hall–Kier alpha value is -1.15. The standard InChI is InChI=1S/C12H9FINO2S/c13-7-1-3-10(9(14)5-7)15-6-8-2-4-11(18-8)12(16)17/h1-5,15H,6H2,(H,16,17). The van der Waals surface area contributed by atoms with Crippen molar-refractivity contribution >= 4 is 45.6 Å². The van der Waals surface area contributed by atoms with Crippen molar-refractivity contribution in [3.05, 3.63) is 49.5 Å². The Morgan fingerprint density at radius 2 is 2.17 bits per heavy atom. The fourth-order valence-electron chi connectivity index (χ4n) is 1.40. The van der Waals surface area contributed by atoms with Crippen molar-refractivity contribution in [2.24, 2.45) is 0 Å². The minimum atomic E-state index is -0.914. The first-order chi connectivity index (χ1) is 8.56. The Bertz CT molecular complexity index is 585. The third kappa shape index (κ3) is 3.20. The number of nitrogens with one attached hydrogen (secondary N) is 1. The van der Waals surface area contributed by atoms with Gasteiger partial charge in [-0.2, -0.15) is 0 Å². The van der Waals surface area contributed by atoms with E-state index in [4.69, 9.17) is 5.11 Å². The van der Waals surface area contributed by atoms with E-state index in [1.165, 1.54) is 23.5 Å². The van der Waals surface area contributed by atoms with Gasteiger partial charge in [-0.15, -0.1) is 11.3 Å². The highest BCUT2D eigenvalue weighted by Crippen LogP contribution is 2.22. The first kappa shape index (κ1) is 13.3. The van der Waals surface area contributed by atoms with Gasteiger partial charge in [-0.25, -0.2) is 9.18 Å². The molecule has 2 N–H and O–H groups in total. The number of hydrogen-bond acceptors (Lipinski definition) is 3. The molecule has 0 spiro atoms. The number of aromatic carboxylic acids is 1. The smallest absolute Gasteiger partial charge is 0.345 e. The van der Waals surface area contributed by atoms with Crippen LogP contribution in [-0.2, 0) is 6.54 Å². The highest BCUT2D eigenvalue weighted by atomic mass is 127. The maximum atomic E-state index is 12.9. The van der Waals surface area contributed by atoms with E-state index in [2.05, 4.69) is 27.9 Å². The van der Waals surface area contributed by atoms with Gasteiger partial charge in [0.15, 0.2) is 0 Å². The van der Waals surface area contributed by atoms with Gasteiger partial charge >= 0.3 is 5.97 Å². The fourth-order valence-corrected chi connectivity index (χ4v) is 2.86. The number of halogens is 2. The molecule has 0 amide bonds. The highest BCUT2D eigenvalue weighted by molar-refractivity contribution is 14.1. The van der Waals surface area contributed by atoms with Crippen LogP contribution in [0.4, 0.5) is 10.1 Å². The van der Waals surface area contributed by atoms with Crippen molar-refractivity contribution < 1.29 is 14.3 Å². The first-order valence-electron chi connectivity index (χ1n) is 5.07. The topological polar surface area (TPSA) is 49.3 Å². The van der Waals surface area contributed by atoms with Crippen molar-refractivity contribution in [1.29, 1.82) is 0 Å². The van der Waals surface area contributed by atoms with Crippen LogP contribution in [-0.4, -0.2) is 11.1 Å². The van der Waals surface area contributed by atoms with Crippen LogP contribution in [0.1, 0.15) is 14.5 Å². The van der Waals surface area contributed by atoms with E-state index in [-0.39, 0.29) is 5.82 Å². The number of benzene rings is 1. The molecule has 0 radical (unpaired) electrons. The van der Waals surface area contributed by atoms with E-state index in [0.29, 0.717) is 11.4 Å². The zero-order valence-electron chi connectivity index (χ0n) is 9.11. The first-order valence-corrected chi connectivity index (χ1v) is 6.97. The van der Waals surface area contributed by atoms with Gasteiger partial charge in [0.1, 0.15) is 10.7 Å². The lowest BCUT2D eigenvalue weighted by Gasteiger charge is -2.07. The van der Waals surface area contributed by atoms with E-state index >= 15 is 0 Å². The van der Waals surface area contributed by atoms with Gasteiger partial charge < -0.3 is 10.4 Å². The van der Waals surface area contributed by atoms with E-state index < -0.39 is 5.97 Å². The molecule has 0 saturated carbocycles. The molecule has 0 aliphatic carbocycles. The summed E-state index contributed by atoms with van der Waals surface area (Å²) in [5, 5.41) is 12.0. The van der Waals surface area contributed by atoms with Gasteiger partial charge in [0.05, 0.1) is 0 Å². The molecule has 94 valence electrons. The monoisotopic (exact) mass is 377 g/mol. The van der Waals surface area contributed by atoms with Gasteiger partial charge in [-0.1, -0.05) is 0 Å². The van der Waals surface area contributed by atoms with E-state index in [9.17, 15) is 9.18 Å². The molecule has 1 aromatic carbocycles. The lowest BCUT2D eigenvalue weighted by Crippen LogP contribution is -1.99. The van der Waals surface area contributed by atoms with Crippen LogP contribution in [0.25, 0.3) is 0 Å². The van der Waals surface area contributed by atoms with Crippen LogP contribution in [0.3, 0.4) is 0 Å². The summed E-state index contributed by atoms with van der Waals surface area (Å²) in [4.78, 5) is 12.0. The van der Waals surface area contributed by atoms with Gasteiger partial charge in [-0.05, 0) is 52.9 Å². The Kier molecular flexibility index (Phi) is 4.18. The van der Waals surface area contributed by atoms with Crippen LogP contribution < -0.4 is 5.32 Å². The van der Waals surface area contributed by atoms with Crippen LogP contribution in [0.2, 0.25) is 0 Å². The molecular formula is C12H9FINO2S. The molecule has 0 bridgehead atoms. The Morgan fingerprint density at radius 3 is 2.78 bits per heavy atom. The predicted octanol–water partition coefficient (Wildman–Crippen LogP) is 3.80. The second kappa shape index (κ2) is 5.66. The average molecular weight is 377 g/mol. The molecule has 2 rings (SSSR count). The lowest BCUT2D eigenvalue weighted by molar-refractivity contribution is 0.0702. The third-order valence-electron chi connectivity index (χ3n) is 2.26. The van der Waals surface area contributed by atoms with Crippen LogP contribution in [0.15, 0.2) is 30.3 Å². The van der Waals surface area contributed by atoms with Gasteiger partial charge in [0.25, 0.3) is 0 Å². The van der Waals surface area contributed by atoms with Crippen molar-refractivity contribution in [2.45, 2.75) is 6.54 Å². The Morgan fingerprint density at radius 1 is 1.39 bits per heavy atom. The zero-order valence-corrected chi connectivity index (χ0v) is 12.1. The SMILES string of the molecule is O=C(O)c1ccc(CNc2ccc(F)cc2I)s1. The number of hydrogen-bond donors (Lipinski definition) is 2. The van der Waals surface area contributed by atoms with Gasteiger partial charge in [0.2, 0.25) is 0 Å². The minimum absolute atomic E-state index is 0.269. The zero-order chi connectivity index (χ0) is 13.1. The summed E-state index contributed by atoms with van der Waals surface area (Å²) in [6.45, 7) is 0.527. The van der Waals surface area contributed by atoms with Crippen molar-refractivity contribution in [3.8, 4) is 0 Å². The van der Waals surface area contributed by atoms with Crippen molar-refractivity contribution in [3.63, 3.8) is 0 Å². The van der Waals surface area contributed by atoms with Gasteiger partial charge in [0, 0.05) is 20.7 Å². The van der Waals surface area contributed by atoms with E-state index in [0.717, 1.165) is 14.1 Å². The summed E-state index contributed by atoms with van der Waals surface area (Å²) >= 11 is 3.28. The maximum absolute atomic E-state index is 12.9. The van der Waals surface area contributed by atoms with Crippen molar-refractivity contribution in [1.82, 2.24) is 0 Å². The molecule has 0 saturated heterocycles. The molecule has 0 aliphatic heterocycles. The summed E-state index contributed by atoms with van der Waals surface area (Å²) < 4.78 is 13.7. The summed E-state index contributed by atoms with van der Waals surface area (Å²) in [5.41, 5.74) is 0.835. The molecule has 1 aromatic heterocycles. The van der Waals surface area contributed by atoms with E-state index in [1.54, 1.807) is 18.2 Å². The van der Waals surface area contributed by atoms with Crippen LogP contribution in [0, 0.1) is 9.39 Å². The molecule has 0 fully saturated rings. The van der Waals surface area contributed by atoms with E-state index in [1.807, 2.05) is 0 Å². The molecule has 18 heavy (non-hydrogen) atoms. The molecule has 0 aliphatic rings. The number of rotatable bonds is 4. The predicted molar refractivity (Wildman–Crippen MR) is 77.7 cm³/mol. The number of carboxylic acids is 1. The number of carbonyl (C=O) groups is 1. The summed E-state index contributed by atoms with van der Waals surface area (Å²) in [6.07, 6.45) is 0. The second-order valence-corrected chi connectivity index (χ2v) is 5.88. The van der Waals surface area contributed by atoms with Gasteiger partial charge in [-0.3, -0.25) is 0 Å². The molecule has 0 atom stereocenters. The number of thiophene rings is 1.